The number of hydrogen-bond acceptors (Lipinski definition) is 5. The Hall–Kier alpha value is -0.750. The van der Waals surface area contributed by atoms with Gasteiger partial charge in [-0.25, -0.2) is 4.98 Å². The van der Waals surface area contributed by atoms with Crippen molar-refractivity contribution in [2.24, 2.45) is 11.1 Å². The van der Waals surface area contributed by atoms with Crippen molar-refractivity contribution in [3.8, 4) is 10.6 Å². The topological polar surface area (TPSA) is 42.1 Å². The van der Waals surface area contributed by atoms with E-state index in [-0.39, 0.29) is 0 Å². The van der Waals surface area contributed by atoms with Gasteiger partial charge in [-0.15, -0.1) is 11.3 Å². The fraction of sp³-hybridized carbons (Fsp3) is 0.500. The molecule has 5 heteroatoms. The van der Waals surface area contributed by atoms with Crippen LogP contribution in [0.3, 0.4) is 0 Å². The van der Waals surface area contributed by atoms with E-state index in [9.17, 15) is 0 Å². The van der Waals surface area contributed by atoms with Gasteiger partial charge in [-0.3, -0.25) is 4.90 Å². The van der Waals surface area contributed by atoms with Crippen LogP contribution in [-0.2, 0) is 6.54 Å². The molecular weight excluding hydrogens is 274 g/mol. The molecule has 0 radical (unpaired) electrons. The molecule has 0 aliphatic carbocycles. The summed E-state index contributed by atoms with van der Waals surface area (Å²) < 4.78 is 0. The van der Waals surface area contributed by atoms with E-state index in [0.29, 0.717) is 5.41 Å². The van der Waals surface area contributed by atoms with Crippen LogP contribution in [0.4, 0.5) is 0 Å². The van der Waals surface area contributed by atoms with Crippen molar-refractivity contribution in [1.29, 1.82) is 0 Å². The molecule has 19 heavy (non-hydrogen) atoms. The van der Waals surface area contributed by atoms with Crippen molar-refractivity contribution in [2.75, 3.05) is 19.6 Å². The molecule has 0 aromatic carbocycles. The van der Waals surface area contributed by atoms with Crippen LogP contribution in [0.25, 0.3) is 10.6 Å². The van der Waals surface area contributed by atoms with Gasteiger partial charge in [-0.2, -0.15) is 11.3 Å². The summed E-state index contributed by atoms with van der Waals surface area (Å²) in [5, 5.41) is 7.58. The van der Waals surface area contributed by atoms with Crippen LogP contribution in [-0.4, -0.2) is 29.5 Å². The van der Waals surface area contributed by atoms with Crippen LogP contribution in [0.1, 0.15) is 19.0 Å². The molecule has 0 spiro atoms. The standard InChI is InChI=1S/C14H19N3S2/c1-14(9-15)3-4-17(10-14)6-12-8-19-13(16-12)11-2-5-18-7-11/h2,5,7-8H,3-4,6,9-10,15H2,1H3. The zero-order chi connectivity index (χ0) is 13.3. The van der Waals surface area contributed by atoms with Gasteiger partial charge in [-0.1, -0.05) is 6.92 Å². The maximum atomic E-state index is 5.85. The molecule has 2 aromatic rings. The Kier molecular flexibility index (Phi) is 3.71. The molecule has 2 aromatic heterocycles. The van der Waals surface area contributed by atoms with Crippen molar-refractivity contribution in [1.82, 2.24) is 9.88 Å². The van der Waals surface area contributed by atoms with Crippen molar-refractivity contribution < 1.29 is 0 Å². The normalized spacial score (nSPS) is 24.1. The molecule has 1 unspecified atom stereocenters. The summed E-state index contributed by atoms with van der Waals surface area (Å²) in [6.45, 7) is 6.25. The molecule has 0 amide bonds. The van der Waals surface area contributed by atoms with Gasteiger partial charge >= 0.3 is 0 Å². The van der Waals surface area contributed by atoms with Crippen molar-refractivity contribution in [3.63, 3.8) is 0 Å². The number of thiazole rings is 1. The average molecular weight is 293 g/mol. The number of likely N-dealkylation sites (tertiary alicyclic amines) is 1. The molecule has 3 rings (SSSR count). The van der Waals surface area contributed by atoms with E-state index in [2.05, 4.69) is 34.0 Å². The molecule has 2 N–H and O–H groups in total. The quantitative estimate of drug-likeness (QED) is 0.942. The first-order valence-corrected chi connectivity index (χ1v) is 8.40. The van der Waals surface area contributed by atoms with E-state index in [4.69, 9.17) is 10.7 Å². The summed E-state index contributed by atoms with van der Waals surface area (Å²) in [6, 6.07) is 2.13. The fourth-order valence-electron chi connectivity index (χ4n) is 2.55. The SMILES string of the molecule is CC1(CN)CCN(Cc2csc(-c3ccsc3)n2)C1. The van der Waals surface area contributed by atoms with E-state index in [1.54, 1.807) is 22.7 Å². The number of aromatic nitrogens is 1. The lowest BCUT2D eigenvalue weighted by molar-refractivity contribution is 0.272. The van der Waals surface area contributed by atoms with Crippen LogP contribution < -0.4 is 5.73 Å². The summed E-state index contributed by atoms with van der Waals surface area (Å²) in [6.07, 6.45) is 1.20. The number of thiophene rings is 1. The van der Waals surface area contributed by atoms with Crippen LogP contribution in [0, 0.1) is 5.41 Å². The Morgan fingerprint density at radius 3 is 3.05 bits per heavy atom. The van der Waals surface area contributed by atoms with Gasteiger partial charge in [0.05, 0.1) is 5.69 Å². The van der Waals surface area contributed by atoms with Gasteiger partial charge in [0, 0.05) is 29.4 Å². The molecule has 3 nitrogen and oxygen atoms in total. The van der Waals surface area contributed by atoms with Gasteiger partial charge in [0.2, 0.25) is 0 Å². The third kappa shape index (κ3) is 2.89. The van der Waals surface area contributed by atoms with E-state index < -0.39 is 0 Å². The first-order chi connectivity index (χ1) is 9.18. The van der Waals surface area contributed by atoms with Gasteiger partial charge in [0.25, 0.3) is 0 Å². The van der Waals surface area contributed by atoms with Gasteiger partial charge in [-0.05, 0) is 36.4 Å². The predicted molar refractivity (Wildman–Crippen MR) is 82.5 cm³/mol. The zero-order valence-electron chi connectivity index (χ0n) is 11.1. The largest absolute Gasteiger partial charge is 0.330 e. The number of nitrogens with zero attached hydrogens (tertiary/aromatic N) is 2. The minimum Gasteiger partial charge on any atom is -0.330 e. The van der Waals surface area contributed by atoms with Gasteiger partial charge < -0.3 is 5.73 Å². The highest BCUT2D eigenvalue weighted by Crippen LogP contribution is 2.31. The molecule has 0 bridgehead atoms. The lowest BCUT2D eigenvalue weighted by Crippen LogP contribution is -2.31. The Balaban J connectivity index is 1.65. The third-order valence-corrected chi connectivity index (χ3v) is 5.46. The van der Waals surface area contributed by atoms with E-state index in [1.807, 2.05) is 0 Å². The lowest BCUT2D eigenvalue weighted by Gasteiger charge is -2.22. The van der Waals surface area contributed by atoms with Crippen molar-refractivity contribution in [3.05, 3.63) is 27.9 Å². The number of rotatable bonds is 4. The first kappa shape index (κ1) is 13.2. The lowest BCUT2D eigenvalue weighted by atomic mass is 9.90. The van der Waals surface area contributed by atoms with Crippen LogP contribution in [0.2, 0.25) is 0 Å². The highest BCUT2D eigenvalue weighted by Gasteiger charge is 2.32. The molecule has 102 valence electrons. The zero-order valence-corrected chi connectivity index (χ0v) is 12.8. The van der Waals surface area contributed by atoms with Crippen LogP contribution in [0.15, 0.2) is 22.2 Å². The summed E-state index contributed by atoms with van der Waals surface area (Å²) in [5.41, 5.74) is 8.58. The highest BCUT2D eigenvalue weighted by atomic mass is 32.1. The van der Waals surface area contributed by atoms with E-state index >= 15 is 0 Å². The molecular formula is C14H19N3S2. The first-order valence-electron chi connectivity index (χ1n) is 6.58. The number of hydrogen-bond donors (Lipinski definition) is 1. The predicted octanol–water partition coefficient (Wildman–Crippen LogP) is 3.04. The second-order valence-corrected chi connectivity index (χ2v) is 7.27. The Bertz CT molecular complexity index is 535. The molecule has 1 aliphatic heterocycles. The average Bonchev–Trinajstić information content (AvgIpc) is 3.11. The van der Waals surface area contributed by atoms with Gasteiger partial charge in [0.15, 0.2) is 0 Å². The molecule has 1 aliphatic rings. The third-order valence-electron chi connectivity index (χ3n) is 3.84. The monoisotopic (exact) mass is 293 g/mol. The van der Waals surface area contributed by atoms with Gasteiger partial charge in [0.1, 0.15) is 5.01 Å². The van der Waals surface area contributed by atoms with E-state index in [0.717, 1.165) is 31.2 Å². The fourth-order valence-corrected chi connectivity index (χ4v) is 4.08. The number of nitrogens with two attached hydrogens (primary N) is 1. The summed E-state index contributed by atoms with van der Waals surface area (Å²) in [5.74, 6) is 0. The second kappa shape index (κ2) is 5.32. The molecule has 1 saturated heterocycles. The second-order valence-electron chi connectivity index (χ2n) is 5.63. The highest BCUT2D eigenvalue weighted by molar-refractivity contribution is 7.14. The summed E-state index contributed by atoms with van der Waals surface area (Å²) in [4.78, 5) is 7.21. The summed E-state index contributed by atoms with van der Waals surface area (Å²) in [7, 11) is 0. The Morgan fingerprint density at radius 1 is 1.47 bits per heavy atom. The molecule has 1 fully saturated rings. The molecule has 1 atom stereocenters. The minimum absolute atomic E-state index is 0.298. The maximum Gasteiger partial charge on any atom is 0.124 e. The minimum atomic E-state index is 0.298. The van der Waals surface area contributed by atoms with Crippen LogP contribution >= 0.6 is 22.7 Å². The van der Waals surface area contributed by atoms with Crippen LogP contribution in [0.5, 0.6) is 0 Å². The Morgan fingerprint density at radius 2 is 2.37 bits per heavy atom. The van der Waals surface area contributed by atoms with Crippen molar-refractivity contribution in [2.45, 2.75) is 19.9 Å². The smallest absolute Gasteiger partial charge is 0.124 e. The summed E-state index contributed by atoms with van der Waals surface area (Å²) >= 11 is 3.46. The molecule has 0 saturated carbocycles. The maximum absolute atomic E-state index is 5.85. The van der Waals surface area contributed by atoms with Crippen molar-refractivity contribution >= 4 is 22.7 Å². The molecule has 3 heterocycles. The Labute approximate surface area is 122 Å². The van der Waals surface area contributed by atoms with E-state index in [1.165, 1.54) is 17.7 Å².